The van der Waals surface area contributed by atoms with Gasteiger partial charge in [-0.1, -0.05) is 0 Å². The van der Waals surface area contributed by atoms with Gasteiger partial charge in [-0.05, 0) is 24.3 Å². The Morgan fingerprint density at radius 2 is 1.73 bits per heavy atom. The van der Waals surface area contributed by atoms with Crippen LogP contribution in [0.3, 0.4) is 0 Å². The molecule has 0 aliphatic carbocycles. The summed E-state index contributed by atoms with van der Waals surface area (Å²) in [5.41, 5.74) is 1.77. The highest BCUT2D eigenvalue weighted by Crippen LogP contribution is 2.13. The maximum absolute atomic E-state index is 8.80. The Bertz CT molecular complexity index is 521. The first-order chi connectivity index (χ1) is 7.33. The lowest BCUT2D eigenvalue weighted by molar-refractivity contribution is 1.08. The minimum absolute atomic E-state index is 0.484. The molecular weight excluding hydrogens is 186 g/mol. The van der Waals surface area contributed by atoms with Crippen molar-refractivity contribution in [1.82, 2.24) is 4.57 Å². The van der Waals surface area contributed by atoms with E-state index in [1.165, 1.54) is 0 Å². The zero-order chi connectivity index (χ0) is 10.7. The third-order valence-electron chi connectivity index (χ3n) is 2.02. The second kappa shape index (κ2) is 3.69. The van der Waals surface area contributed by atoms with Gasteiger partial charge in [0.15, 0.2) is 0 Å². The SMILES string of the molecule is N#Cc1cc(C#N)cc(-n2c[c]cc2)c1. The van der Waals surface area contributed by atoms with Gasteiger partial charge in [0.2, 0.25) is 0 Å². The van der Waals surface area contributed by atoms with Crippen LogP contribution in [0.5, 0.6) is 0 Å². The van der Waals surface area contributed by atoms with E-state index in [0.29, 0.717) is 11.1 Å². The van der Waals surface area contributed by atoms with Gasteiger partial charge in [0.05, 0.1) is 23.3 Å². The third-order valence-corrected chi connectivity index (χ3v) is 2.02. The van der Waals surface area contributed by atoms with Crippen LogP contribution >= 0.6 is 0 Å². The fourth-order valence-corrected chi connectivity index (χ4v) is 1.34. The molecule has 0 unspecified atom stereocenters. The highest BCUT2D eigenvalue weighted by atomic mass is 14.9. The van der Waals surface area contributed by atoms with Crippen molar-refractivity contribution in [3.63, 3.8) is 0 Å². The number of hydrogen-bond acceptors (Lipinski definition) is 2. The molecular formula is C12H6N3. The van der Waals surface area contributed by atoms with E-state index < -0.39 is 0 Å². The molecule has 2 rings (SSSR count). The van der Waals surface area contributed by atoms with Crippen molar-refractivity contribution in [2.24, 2.45) is 0 Å². The Morgan fingerprint density at radius 1 is 1.07 bits per heavy atom. The van der Waals surface area contributed by atoms with Gasteiger partial charge in [0.25, 0.3) is 0 Å². The van der Waals surface area contributed by atoms with Crippen molar-refractivity contribution in [3.05, 3.63) is 53.9 Å². The summed E-state index contributed by atoms with van der Waals surface area (Å²) in [6, 6.07) is 13.8. The standard InChI is InChI=1S/C12H6N3/c13-8-10-5-11(9-14)7-12(6-10)15-3-1-2-4-15/h1,3-7H. The molecule has 3 heteroatoms. The lowest BCUT2D eigenvalue weighted by Crippen LogP contribution is -1.92. The van der Waals surface area contributed by atoms with Gasteiger partial charge in [-0.15, -0.1) is 0 Å². The molecule has 1 aromatic heterocycles. The molecule has 0 fully saturated rings. The maximum Gasteiger partial charge on any atom is 0.0992 e. The van der Waals surface area contributed by atoms with E-state index in [-0.39, 0.29) is 0 Å². The number of nitriles is 2. The van der Waals surface area contributed by atoms with Crippen LogP contribution in [0, 0.1) is 28.7 Å². The number of hydrogen-bond donors (Lipinski definition) is 0. The molecule has 69 valence electrons. The maximum atomic E-state index is 8.80. The van der Waals surface area contributed by atoms with Crippen LogP contribution in [0.4, 0.5) is 0 Å². The minimum atomic E-state index is 0.484. The van der Waals surface area contributed by atoms with Crippen LogP contribution in [0.2, 0.25) is 0 Å². The van der Waals surface area contributed by atoms with Gasteiger partial charge >= 0.3 is 0 Å². The number of aromatic nitrogens is 1. The number of nitrogens with zero attached hydrogens (tertiary/aromatic N) is 3. The van der Waals surface area contributed by atoms with E-state index in [9.17, 15) is 0 Å². The van der Waals surface area contributed by atoms with Crippen LogP contribution in [0.15, 0.2) is 36.7 Å². The summed E-state index contributed by atoms with van der Waals surface area (Å²) in [6.07, 6.45) is 3.56. The summed E-state index contributed by atoms with van der Waals surface area (Å²) in [7, 11) is 0. The number of benzene rings is 1. The second-order valence-corrected chi connectivity index (χ2v) is 3.01. The van der Waals surface area contributed by atoms with Gasteiger partial charge in [0.1, 0.15) is 0 Å². The first-order valence-electron chi connectivity index (χ1n) is 4.33. The van der Waals surface area contributed by atoms with Gasteiger partial charge in [-0.25, -0.2) is 0 Å². The fourth-order valence-electron chi connectivity index (χ4n) is 1.34. The van der Waals surface area contributed by atoms with E-state index in [0.717, 1.165) is 5.69 Å². The molecule has 1 aromatic carbocycles. The minimum Gasteiger partial charge on any atom is -0.323 e. The Hall–Kier alpha value is -2.52. The summed E-state index contributed by atoms with van der Waals surface area (Å²) in [5.74, 6) is 0. The van der Waals surface area contributed by atoms with Crippen LogP contribution in [0.1, 0.15) is 11.1 Å². The molecule has 0 bridgehead atoms. The van der Waals surface area contributed by atoms with E-state index in [1.807, 2.05) is 22.9 Å². The molecule has 2 aromatic rings. The Morgan fingerprint density at radius 3 is 2.20 bits per heavy atom. The van der Waals surface area contributed by atoms with Gasteiger partial charge in [-0.3, -0.25) is 0 Å². The number of rotatable bonds is 1. The molecule has 0 aliphatic heterocycles. The molecule has 0 saturated heterocycles. The van der Waals surface area contributed by atoms with Crippen molar-refractivity contribution < 1.29 is 0 Å². The average Bonchev–Trinajstić information content (AvgIpc) is 2.81. The molecule has 1 radical (unpaired) electrons. The molecule has 3 nitrogen and oxygen atoms in total. The second-order valence-electron chi connectivity index (χ2n) is 3.01. The monoisotopic (exact) mass is 192 g/mol. The zero-order valence-corrected chi connectivity index (χ0v) is 7.81. The molecule has 0 aliphatic rings. The third kappa shape index (κ3) is 1.72. The first kappa shape index (κ1) is 9.05. The van der Waals surface area contributed by atoms with E-state index >= 15 is 0 Å². The topological polar surface area (TPSA) is 52.5 Å². The van der Waals surface area contributed by atoms with Crippen molar-refractivity contribution in [2.75, 3.05) is 0 Å². The van der Waals surface area contributed by atoms with E-state index in [2.05, 4.69) is 6.07 Å². The van der Waals surface area contributed by atoms with Gasteiger partial charge in [0, 0.05) is 24.1 Å². The lowest BCUT2D eigenvalue weighted by atomic mass is 10.1. The van der Waals surface area contributed by atoms with Crippen LogP contribution < -0.4 is 0 Å². The van der Waals surface area contributed by atoms with Crippen molar-refractivity contribution in [1.29, 1.82) is 10.5 Å². The largest absolute Gasteiger partial charge is 0.323 e. The Labute approximate surface area is 87.4 Å². The van der Waals surface area contributed by atoms with Crippen LogP contribution in [-0.4, -0.2) is 4.57 Å². The van der Waals surface area contributed by atoms with Crippen molar-refractivity contribution in [2.45, 2.75) is 0 Å². The molecule has 0 atom stereocenters. The molecule has 0 saturated carbocycles. The van der Waals surface area contributed by atoms with E-state index in [1.54, 1.807) is 30.5 Å². The lowest BCUT2D eigenvalue weighted by Gasteiger charge is -2.03. The normalized spacial score (nSPS) is 9.20. The zero-order valence-electron chi connectivity index (χ0n) is 7.81. The Kier molecular flexibility index (Phi) is 2.23. The summed E-state index contributed by atoms with van der Waals surface area (Å²) >= 11 is 0. The highest BCUT2D eigenvalue weighted by molar-refractivity contribution is 5.49. The fraction of sp³-hybridized carbons (Fsp3) is 0. The molecule has 1 heterocycles. The molecule has 15 heavy (non-hydrogen) atoms. The summed E-state index contributed by atoms with van der Waals surface area (Å²) in [5, 5.41) is 17.6. The summed E-state index contributed by atoms with van der Waals surface area (Å²) in [6.45, 7) is 0. The van der Waals surface area contributed by atoms with Gasteiger partial charge in [-0.2, -0.15) is 10.5 Å². The first-order valence-corrected chi connectivity index (χ1v) is 4.33. The quantitative estimate of drug-likeness (QED) is 0.694. The van der Waals surface area contributed by atoms with E-state index in [4.69, 9.17) is 10.5 Å². The molecule has 0 N–H and O–H groups in total. The predicted molar refractivity (Wildman–Crippen MR) is 54.0 cm³/mol. The molecule has 0 spiro atoms. The predicted octanol–water partition coefficient (Wildman–Crippen LogP) is 2.02. The summed E-state index contributed by atoms with van der Waals surface area (Å²) in [4.78, 5) is 0. The smallest absolute Gasteiger partial charge is 0.0992 e. The van der Waals surface area contributed by atoms with Crippen molar-refractivity contribution >= 4 is 0 Å². The highest BCUT2D eigenvalue weighted by Gasteiger charge is 2.01. The van der Waals surface area contributed by atoms with Crippen molar-refractivity contribution in [3.8, 4) is 17.8 Å². The Balaban J connectivity index is 2.59. The van der Waals surface area contributed by atoms with Crippen LogP contribution in [0.25, 0.3) is 5.69 Å². The van der Waals surface area contributed by atoms with Gasteiger partial charge < -0.3 is 4.57 Å². The van der Waals surface area contributed by atoms with Crippen LogP contribution in [-0.2, 0) is 0 Å². The molecule has 0 amide bonds. The summed E-state index contributed by atoms with van der Waals surface area (Å²) < 4.78 is 1.81. The average molecular weight is 192 g/mol.